The molecule has 12 aromatic carbocycles. The number of carbonyl (C=O) groups excluding carboxylic acids is 4. The predicted octanol–water partition coefficient (Wildman–Crippen LogP) is 26.2. The van der Waals surface area contributed by atoms with E-state index in [1.807, 2.05) is 86.6 Å². The normalized spacial score (nSPS) is 11.1. The lowest BCUT2D eigenvalue weighted by atomic mass is 10.0. The van der Waals surface area contributed by atoms with Gasteiger partial charge in [0.2, 0.25) is 23.1 Å². The maximum absolute atomic E-state index is 14.3. The van der Waals surface area contributed by atoms with Crippen LogP contribution in [-0.2, 0) is 6.18 Å². The zero-order valence-corrected chi connectivity index (χ0v) is 78.4. The SMILES string of the molecule is CCNCCCOc1ccc(Oc2c(C(=O)c3ccc(C)cc3)sc3cc(O)ccc23)cc1.CCNCCCOc1ccc(Oc2c(C(=O)c3ccccc3C(F)(F)F)sc3cc(O)ccc23)cc1.CCNCCCOc1ccc(Oc2c(C(=O)c3ccccc3Cl)sc3cc(O)ccc23)cc1.CCNCCCOc1ccc(Oc2c(C(=O)c3ccccc3F)sc3cc(O)ccc23)cc1. The number of aryl methyl sites for hydroxylation is 1. The van der Waals surface area contributed by atoms with Crippen LogP contribution in [0.4, 0.5) is 17.6 Å². The van der Waals surface area contributed by atoms with Gasteiger partial charge >= 0.3 is 6.18 Å². The van der Waals surface area contributed by atoms with Crippen LogP contribution < -0.4 is 59.2 Å². The van der Waals surface area contributed by atoms with Crippen molar-refractivity contribution in [2.24, 2.45) is 0 Å². The average molecular weight is 1920 g/mol. The highest BCUT2D eigenvalue weighted by molar-refractivity contribution is 7.22. The summed E-state index contributed by atoms with van der Waals surface area (Å²) in [5.41, 5.74) is 0.583. The second-order valence-corrected chi connectivity index (χ2v) is 35.1. The van der Waals surface area contributed by atoms with E-state index in [1.165, 1.54) is 71.2 Å². The number of hydrogen-bond donors (Lipinski definition) is 8. The maximum atomic E-state index is 14.3. The third kappa shape index (κ3) is 26.8. The van der Waals surface area contributed by atoms with Gasteiger partial charge < -0.3 is 79.6 Å². The molecule has 16 rings (SSSR count). The van der Waals surface area contributed by atoms with Crippen molar-refractivity contribution >= 4 is 120 Å². The molecule has 0 fully saturated rings. The van der Waals surface area contributed by atoms with Crippen LogP contribution in [0.15, 0.2) is 267 Å². The summed E-state index contributed by atoms with van der Waals surface area (Å²) in [6.07, 6.45) is -1.08. The minimum Gasteiger partial charge on any atom is -0.508 e. The zero-order valence-electron chi connectivity index (χ0n) is 74.4. The quantitative estimate of drug-likeness (QED) is 0.0101. The molecule has 0 atom stereocenters. The Morgan fingerprint density at radius 2 is 0.607 bits per heavy atom. The number of halogens is 5. The summed E-state index contributed by atoms with van der Waals surface area (Å²) in [6.45, 7) is 20.0. The van der Waals surface area contributed by atoms with Crippen LogP contribution in [0.5, 0.6) is 92.0 Å². The van der Waals surface area contributed by atoms with Crippen molar-refractivity contribution in [2.45, 2.75) is 66.5 Å². The lowest BCUT2D eigenvalue weighted by Crippen LogP contribution is -2.16. The Balaban J connectivity index is 0.000000153. The first-order valence-electron chi connectivity index (χ1n) is 43.8. The fraction of sp³-hybridized carbons (Fsp3) is 0.208. The maximum Gasteiger partial charge on any atom is 0.417 e. The number of nitrogens with one attached hydrogen (secondary N) is 4. The van der Waals surface area contributed by atoms with Gasteiger partial charge in [0.25, 0.3) is 0 Å². The monoisotopic (exact) mass is 1920 g/mol. The summed E-state index contributed by atoms with van der Waals surface area (Å²) in [5, 5.41) is 55.7. The van der Waals surface area contributed by atoms with Gasteiger partial charge in [-0.05, 0) is 285 Å². The number of hydrogen-bond acceptors (Lipinski definition) is 24. The molecule has 0 amide bonds. The van der Waals surface area contributed by atoms with Gasteiger partial charge in [0, 0.05) is 57.0 Å². The molecule has 0 aliphatic rings. The molecule has 0 aliphatic heterocycles. The Labute approximate surface area is 799 Å². The highest BCUT2D eigenvalue weighted by Crippen LogP contribution is 2.49. The number of benzene rings is 12. The zero-order chi connectivity index (χ0) is 95.3. The van der Waals surface area contributed by atoms with Gasteiger partial charge in [-0.1, -0.05) is 112 Å². The standard InChI is InChI=1S/C27H24F3NO4S.C27H27NO4S.C26H24ClNO4S.C26H24FNO4S/c1-2-31-14-5-15-34-18-9-11-19(12-10-18)35-25-21-13-8-17(32)16-23(21)36-26(25)24(33)20-6-3-4-7-22(20)27(28,29)30;1-3-28-15-4-16-31-21-10-12-22(13-11-21)32-26-23-14-9-20(29)17-24(23)33-27(26)25(30)19-7-5-18(2)6-8-19;2*1-2-28-14-5-15-31-18-9-11-19(12-10-18)32-25-21-13-8-17(29)16-23(21)33-26(25)24(30)20-6-3-4-7-22(20)27/h3-4,6-13,16,31-32H,2,5,14-15H2,1H3;5-14,17,28-29H,3-4,15-16H2,1-2H3;2*3-4,6-13,16,28-29H,2,5,14-15H2,1H3. The van der Waals surface area contributed by atoms with Crippen molar-refractivity contribution in [1.82, 2.24) is 21.3 Å². The molecule has 698 valence electrons. The van der Waals surface area contributed by atoms with E-state index in [0.717, 1.165) is 156 Å². The molecular weight excluding hydrogens is 1820 g/mol. The molecule has 0 radical (unpaired) electrons. The number of carbonyl (C=O) groups is 4. The van der Waals surface area contributed by atoms with E-state index in [0.29, 0.717) is 118 Å². The molecule has 20 nitrogen and oxygen atoms in total. The number of fused-ring (bicyclic) bond motifs is 4. The van der Waals surface area contributed by atoms with Gasteiger partial charge in [-0.15, -0.1) is 45.3 Å². The number of phenols is 4. The minimum absolute atomic E-state index is 0.0102. The molecule has 29 heteroatoms. The molecule has 0 spiro atoms. The molecule has 0 saturated carbocycles. The highest BCUT2D eigenvalue weighted by atomic mass is 35.5. The second-order valence-electron chi connectivity index (χ2n) is 30.5. The molecule has 0 saturated heterocycles. The Hall–Kier alpha value is -13.4. The molecular formula is C106H99ClF4N4O16S4. The van der Waals surface area contributed by atoms with E-state index in [2.05, 4.69) is 42.0 Å². The Kier molecular flexibility index (Phi) is 35.6. The van der Waals surface area contributed by atoms with Gasteiger partial charge in [-0.2, -0.15) is 13.2 Å². The first-order chi connectivity index (χ1) is 65.4. The topological polar surface area (TPSA) is 271 Å². The van der Waals surface area contributed by atoms with E-state index < -0.39 is 34.7 Å². The van der Waals surface area contributed by atoms with E-state index in [-0.39, 0.29) is 55.6 Å². The number of phenolic OH excluding ortho intramolecular Hbond substituents is 4. The van der Waals surface area contributed by atoms with Gasteiger partial charge in [0.15, 0.2) is 23.0 Å². The summed E-state index contributed by atoms with van der Waals surface area (Å²) in [7, 11) is 0. The summed E-state index contributed by atoms with van der Waals surface area (Å²) in [4.78, 5) is 54.4. The van der Waals surface area contributed by atoms with Crippen molar-refractivity contribution in [2.75, 3.05) is 78.8 Å². The minimum atomic E-state index is -4.69. The molecule has 4 aromatic heterocycles. The Morgan fingerprint density at radius 3 is 0.919 bits per heavy atom. The largest absolute Gasteiger partial charge is 0.508 e. The number of ketones is 4. The van der Waals surface area contributed by atoms with Crippen LogP contribution in [0.1, 0.15) is 125 Å². The van der Waals surface area contributed by atoms with Crippen molar-refractivity contribution in [3.8, 4) is 92.0 Å². The van der Waals surface area contributed by atoms with Crippen molar-refractivity contribution in [1.29, 1.82) is 0 Å². The number of rotatable bonds is 40. The number of thiophene rings is 4. The van der Waals surface area contributed by atoms with Gasteiger partial charge in [0.05, 0.1) is 42.6 Å². The van der Waals surface area contributed by atoms with Crippen molar-refractivity contribution in [3.05, 3.63) is 331 Å². The van der Waals surface area contributed by atoms with E-state index in [9.17, 15) is 57.2 Å². The molecule has 8 N–H and O–H groups in total. The number of alkyl halides is 3. The first-order valence-corrected chi connectivity index (χ1v) is 47.5. The van der Waals surface area contributed by atoms with Crippen molar-refractivity contribution < 1.29 is 95.1 Å². The molecule has 135 heavy (non-hydrogen) atoms. The van der Waals surface area contributed by atoms with E-state index in [4.69, 9.17) is 49.5 Å². The first kappa shape index (κ1) is 99.1. The van der Waals surface area contributed by atoms with Crippen LogP contribution in [0.3, 0.4) is 0 Å². The fourth-order valence-corrected chi connectivity index (χ4v) is 18.5. The van der Waals surface area contributed by atoms with Crippen LogP contribution in [0.25, 0.3) is 40.3 Å². The molecule has 0 aliphatic carbocycles. The van der Waals surface area contributed by atoms with Gasteiger partial charge in [-0.25, -0.2) is 4.39 Å². The smallest absolute Gasteiger partial charge is 0.417 e. The number of ether oxygens (including phenoxy) is 8. The van der Waals surface area contributed by atoms with Crippen LogP contribution >= 0.6 is 56.9 Å². The Bertz CT molecular complexity index is 6490. The van der Waals surface area contributed by atoms with Gasteiger partial charge in [-0.3, -0.25) is 19.2 Å². The average Bonchev–Trinajstić information content (AvgIpc) is 1.65. The highest BCUT2D eigenvalue weighted by Gasteiger charge is 2.37. The van der Waals surface area contributed by atoms with Gasteiger partial charge in [0.1, 0.15) is 94.3 Å². The summed E-state index contributed by atoms with van der Waals surface area (Å²) >= 11 is 11.0. The summed E-state index contributed by atoms with van der Waals surface area (Å²) in [5.74, 6) is 4.55. The third-order valence-corrected chi connectivity index (χ3v) is 25.5. The summed E-state index contributed by atoms with van der Waals surface area (Å²) in [6, 6.07) is 72.8. The van der Waals surface area contributed by atoms with E-state index >= 15 is 0 Å². The lowest BCUT2D eigenvalue weighted by Gasteiger charge is -2.13. The molecule has 4 heterocycles. The molecule has 16 aromatic rings. The Morgan fingerprint density at radius 1 is 0.333 bits per heavy atom. The van der Waals surface area contributed by atoms with Crippen molar-refractivity contribution in [3.63, 3.8) is 0 Å². The predicted molar refractivity (Wildman–Crippen MR) is 529 cm³/mol. The lowest BCUT2D eigenvalue weighted by molar-refractivity contribution is -0.137. The van der Waals surface area contributed by atoms with E-state index in [1.54, 1.807) is 133 Å². The van der Waals surface area contributed by atoms with Crippen LogP contribution in [0, 0.1) is 12.7 Å². The third-order valence-electron chi connectivity index (χ3n) is 20.6. The van der Waals surface area contributed by atoms with Crippen LogP contribution in [0.2, 0.25) is 5.02 Å². The molecule has 0 bridgehead atoms. The van der Waals surface area contributed by atoms with Crippen LogP contribution in [-0.4, -0.2) is 122 Å². The molecule has 0 unspecified atom stereocenters. The second kappa shape index (κ2) is 48.5. The number of aromatic hydroxyl groups is 4. The fourth-order valence-electron chi connectivity index (χ4n) is 13.8. The summed E-state index contributed by atoms with van der Waals surface area (Å²) < 4.78 is 105.